The number of Topliss-reactive ketones (excluding diaryl/α,β-unsaturated/α-hetero) is 1. The normalized spacial score (nSPS) is 36.0. The molecule has 2 rings (SSSR count). The van der Waals surface area contributed by atoms with Gasteiger partial charge in [-0.05, 0) is 12.8 Å². The van der Waals surface area contributed by atoms with Gasteiger partial charge >= 0.3 is 0 Å². The third-order valence-electron chi connectivity index (χ3n) is 2.60. The summed E-state index contributed by atoms with van der Waals surface area (Å²) in [5.41, 5.74) is 0. The zero-order chi connectivity index (χ0) is 7.84. The SMILES string of the molecule is O=NN1C2CCC1CC(=O)C2. The van der Waals surface area contributed by atoms with Crippen molar-refractivity contribution in [3.05, 3.63) is 4.91 Å². The summed E-state index contributed by atoms with van der Waals surface area (Å²) in [4.78, 5) is 21.3. The maximum absolute atomic E-state index is 11.0. The Morgan fingerprint density at radius 2 is 1.82 bits per heavy atom. The molecular weight excluding hydrogens is 144 g/mol. The van der Waals surface area contributed by atoms with Crippen molar-refractivity contribution in [2.45, 2.75) is 37.8 Å². The lowest BCUT2D eigenvalue weighted by molar-refractivity contribution is -0.123. The third-order valence-corrected chi connectivity index (χ3v) is 2.60. The molecule has 0 aromatic heterocycles. The van der Waals surface area contributed by atoms with Crippen LogP contribution in [-0.2, 0) is 4.79 Å². The van der Waals surface area contributed by atoms with Gasteiger partial charge in [0.25, 0.3) is 0 Å². The largest absolute Gasteiger partial charge is 0.300 e. The van der Waals surface area contributed by atoms with Crippen LogP contribution in [0.25, 0.3) is 0 Å². The maximum Gasteiger partial charge on any atom is 0.137 e. The molecule has 0 aliphatic carbocycles. The number of hydrogen-bond donors (Lipinski definition) is 0. The highest BCUT2D eigenvalue weighted by atomic mass is 16.3. The van der Waals surface area contributed by atoms with Crippen LogP contribution in [0.15, 0.2) is 5.29 Å². The monoisotopic (exact) mass is 154 g/mol. The smallest absolute Gasteiger partial charge is 0.137 e. The van der Waals surface area contributed by atoms with E-state index in [4.69, 9.17) is 0 Å². The maximum atomic E-state index is 11.0. The van der Waals surface area contributed by atoms with Crippen molar-refractivity contribution >= 4 is 5.78 Å². The lowest BCUT2D eigenvalue weighted by Crippen LogP contribution is -2.38. The first kappa shape index (κ1) is 6.76. The molecule has 0 radical (unpaired) electrons. The number of piperidine rings is 1. The molecule has 0 spiro atoms. The Morgan fingerprint density at radius 3 is 2.27 bits per heavy atom. The van der Waals surface area contributed by atoms with Gasteiger partial charge in [0, 0.05) is 12.8 Å². The molecule has 2 unspecified atom stereocenters. The molecule has 0 N–H and O–H groups in total. The second-order valence-electron chi connectivity index (χ2n) is 3.29. The van der Waals surface area contributed by atoms with Crippen molar-refractivity contribution in [2.24, 2.45) is 5.29 Å². The van der Waals surface area contributed by atoms with Crippen molar-refractivity contribution in [1.82, 2.24) is 5.01 Å². The Labute approximate surface area is 64.5 Å². The number of hydrogen-bond acceptors (Lipinski definition) is 3. The number of carbonyl (C=O) groups excluding carboxylic acids is 1. The third kappa shape index (κ3) is 0.931. The summed E-state index contributed by atoms with van der Waals surface area (Å²) in [6.45, 7) is 0. The van der Waals surface area contributed by atoms with Gasteiger partial charge in [0.15, 0.2) is 0 Å². The summed E-state index contributed by atoms with van der Waals surface area (Å²) in [6, 6.07) is 0.248. The molecule has 0 aromatic carbocycles. The van der Waals surface area contributed by atoms with E-state index in [1.165, 1.54) is 0 Å². The van der Waals surface area contributed by atoms with Crippen LogP contribution in [0.3, 0.4) is 0 Å². The first-order valence-corrected chi connectivity index (χ1v) is 3.94. The zero-order valence-corrected chi connectivity index (χ0v) is 6.19. The highest BCUT2D eigenvalue weighted by Crippen LogP contribution is 2.33. The average Bonchev–Trinajstić information content (AvgIpc) is 2.23. The number of carbonyl (C=O) groups is 1. The second-order valence-corrected chi connectivity index (χ2v) is 3.29. The molecule has 2 fully saturated rings. The molecule has 60 valence electrons. The van der Waals surface area contributed by atoms with Crippen molar-refractivity contribution in [3.63, 3.8) is 0 Å². The molecule has 0 amide bonds. The van der Waals surface area contributed by atoms with Gasteiger partial charge < -0.3 is 0 Å². The van der Waals surface area contributed by atoms with Crippen LogP contribution in [0.5, 0.6) is 0 Å². The molecule has 2 aliphatic heterocycles. The summed E-state index contributed by atoms with van der Waals surface area (Å²) >= 11 is 0. The molecule has 2 atom stereocenters. The lowest BCUT2D eigenvalue weighted by atomic mass is 10.0. The van der Waals surface area contributed by atoms with Crippen LogP contribution in [0.2, 0.25) is 0 Å². The van der Waals surface area contributed by atoms with E-state index in [0.717, 1.165) is 12.8 Å². The Bertz CT molecular complexity index is 189. The van der Waals surface area contributed by atoms with Gasteiger partial charge in [-0.2, -0.15) is 0 Å². The van der Waals surface area contributed by atoms with Crippen LogP contribution < -0.4 is 0 Å². The minimum absolute atomic E-state index is 0.124. The molecule has 11 heavy (non-hydrogen) atoms. The Balaban J connectivity index is 2.18. The molecule has 2 bridgehead atoms. The van der Waals surface area contributed by atoms with E-state index in [9.17, 15) is 9.70 Å². The van der Waals surface area contributed by atoms with Crippen LogP contribution in [0.4, 0.5) is 0 Å². The molecule has 2 heterocycles. The first-order chi connectivity index (χ1) is 5.31. The number of rotatable bonds is 1. The van der Waals surface area contributed by atoms with Crippen LogP contribution in [-0.4, -0.2) is 22.9 Å². The fraction of sp³-hybridized carbons (Fsp3) is 0.857. The van der Waals surface area contributed by atoms with E-state index in [1.807, 2.05) is 0 Å². The second kappa shape index (κ2) is 2.29. The molecule has 2 saturated heterocycles. The fourth-order valence-electron chi connectivity index (χ4n) is 2.08. The minimum atomic E-state index is 0.124. The van der Waals surface area contributed by atoms with Gasteiger partial charge in [-0.1, -0.05) is 0 Å². The van der Waals surface area contributed by atoms with Crippen LogP contribution in [0, 0.1) is 4.91 Å². The van der Waals surface area contributed by atoms with Gasteiger partial charge in [-0.15, -0.1) is 4.91 Å². The molecular formula is C7H10N2O2. The first-order valence-electron chi connectivity index (χ1n) is 3.94. The Morgan fingerprint density at radius 1 is 1.27 bits per heavy atom. The highest BCUT2D eigenvalue weighted by molar-refractivity contribution is 5.80. The van der Waals surface area contributed by atoms with E-state index in [2.05, 4.69) is 5.29 Å². The summed E-state index contributed by atoms with van der Waals surface area (Å²) < 4.78 is 0. The highest BCUT2D eigenvalue weighted by Gasteiger charge is 2.40. The molecule has 0 saturated carbocycles. The predicted molar refractivity (Wildman–Crippen MR) is 38.7 cm³/mol. The minimum Gasteiger partial charge on any atom is -0.300 e. The molecule has 4 nitrogen and oxygen atoms in total. The standard InChI is InChI=1S/C7H10N2O2/c10-7-3-5-1-2-6(4-7)9(5)8-11/h5-6H,1-4H2. The zero-order valence-electron chi connectivity index (χ0n) is 6.19. The number of nitrogens with zero attached hydrogens (tertiary/aromatic N) is 2. The van der Waals surface area contributed by atoms with Gasteiger partial charge in [0.05, 0.1) is 17.4 Å². The number of ketones is 1. The van der Waals surface area contributed by atoms with E-state index >= 15 is 0 Å². The van der Waals surface area contributed by atoms with Crippen molar-refractivity contribution in [1.29, 1.82) is 0 Å². The van der Waals surface area contributed by atoms with Gasteiger partial charge in [-0.3, -0.25) is 9.80 Å². The summed E-state index contributed by atoms with van der Waals surface area (Å²) in [5.74, 6) is 0.289. The number of nitroso groups, excluding NO2 is 1. The quantitative estimate of drug-likeness (QED) is 0.526. The van der Waals surface area contributed by atoms with Crippen molar-refractivity contribution in [2.75, 3.05) is 0 Å². The Kier molecular flexibility index (Phi) is 1.41. The molecule has 2 aliphatic rings. The Hall–Kier alpha value is -0.930. The predicted octanol–water partition coefficient (Wildman–Crippen LogP) is 0.864. The topological polar surface area (TPSA) is 49.7 Å². The van der Waals surface area contributed by atoms with Gasteiger partial charge in [0.1, 0.15) is 5.78 Å². The van der Waals surface area contributed by atoms with Gasteiger partial charge in [-0.25, -0.2) is 0 Å². The van der Waals surface area contributed by atoms with E-state index in [1.54, 1.807) is 5.01 Å². The van der Waals surface area contributed by atoms with E-state index in [0.29, 0.717) is 12.8 Å². The summed E-state index contributed by atoms with van der Waals surface area (Å²) in [6.07, 6.45) is 2.98. The van der Waals surface area contributed by atoms with Gasteiger partial charge in [0.2, 0.25) is 0 Å². The lowest BCUT2D eigenvalue weighted by Gasteiger charge is -2.27. The summed E-state index contributed by atoms with van der Waals surface area (Å²) in [7, 11) is 0. The van der Waals surface area contributed by atoms with Crippen LogP contribution >= 0.6 is 0 Å². The molecule has 4 heteroatoms. The molecule has 0 aromatic rings. The number of fused-ring (bicyclic) bond motifs is 2. The summed E-state index contributed by atoms with van der Waals surface area (Å²) in [5, 5.41) is 4.51. The van der Waals surface area contributed by atoms with Crippen molar-refractivity contribution in [3.8, 4) is 0 Å². The fourth-order valence-corrected chi connectivity index (χ4v) is 2.08. The van der Waals surface area contributed by atoms with Crippen molar-refractivity contribution < 1.29 is 4.79 Å². The van der Waals surface area contributed by atoms with E-state index < -0.39 is 0 Å². The van der Waals surface area contributed by atoms with Crippen LogP contribution in [0.1, 0.15) is 25.7 Å². The average molecular weight is 154 g/mol. The van der Waals surface area contributed by atoms with E-state index in [-0.39, 0.29) is 17.9 Å².